The van der Waals surface area contributed by atoms with Crippen LogP contribution in [0.15, 0.2) is 70.1 Å². The van der Waals surface area contributed by atoms with Crippen molar-refractivity contribution >= 4 is 21.7 Å². The first-order valence-electron chi connectivity index (χ1n) is 8.57. The molecule has 0 spiro atoms. The Morgan fingerprint density at radius 2 is 1.85 bits per heavy atom. The Balaban J connectivity index is 2.04. The minimum atomic E-state index is -0.413. The maximum absolute atomic E-state index is 14.7. The number of hydrogen-bond acceptors (Lipinski definition) is 2. The number of aromatic nitrogens is 1. The van der Waals surface area contributed by atoms with Crippen molar-refractivity contribution in [3.05, 3.63) is 104 Å². The number of hydrogen-bond donors (Lipinski definition) is 0. The van der Waals surface area contributed by atoms with E-state index in [1.807, 2.05) is 31.2 Å². The van der Waals surface area contributed by atoms with Crippen LogP contribution in [0.4, 0.5) is 4.39 Å². The fourth-order valence-corrected chi connectivity index (χ4v) is 3.54. The van der Waals surface area contributed by atoms with Crippen molar-refractivity contribution < 1.29 is 9.18 Å². The SMILES string of the molecule is Cc1ccccc1C(CC(=O)c1ccc(=O)n(C)c1)c1ccc(Br)cc1F. The summed E-state index contributed by atoms with van der Waals surface area (Å²) >= 11 is 3.28. The molecule has 0 radical (unpaired) electrons. The third-order valence-corrected chi connectivity index (χ3v) is 5.19. The van der Waals surface area contributed by atoms with Crippen molar-refractivity contribution in [3.63, 3.8) is 0 Å². The van der Waals surface area contributed by atoms with Crippen LogP contribution < -0.4 is 5.56 Å². The van der Waals surface area contributed by atoms with Crippen LogP contribution in [0.3, 0.4) is 0 Å². The number of carbonyl (C=O) groups excluding carboxylic acids is 1. The van der Waals surface area contributed by atoms with Gasteiger partial charge in [-0.2, -0.15) is 0 Å². The molecule has 0 aliphatic carbocycles. The van der Waals surface area contributed by atoms with Crippen LogP contribution in [-0.4, -0.2) is 10.4 Å². The average Bonchev–Trinajstić information content (AvgIpc) is 2.63. The first-order chi connectivity index (χ1) is 12.9. The van der Waals surface area contributed by atoms with E-state index in [9.17, 15) is 14.0 Å². The molecule has 3 aromatic rings. The highest BCUT2D eigenvalue weighted by Gasteiger charge is 2.23. The zero-order valence-corrected chi connectivity index (χ0v) is 16.7. The zero-order valence-electron chi connectivity index (χ0n) is 15.1. The smallest absolute Gasteiger partial charge is 0.250 e. The molecule has 27 heavy (non-hydrogen) atoms. The summed E-state index contributed by atoms with van der Waals surface area (Å²) in [5, 5.41) is 0. The lowest BCUT2D eigenvalue weighted by Crippen LogP contribution is -2.18. The third kappa shape index (κ3) is 4.25. The largest absolute Gasteiger partial charge is 0.318 e. The number of pyridine rings is 1. The maximum atomic E-state index is 14.7. The van der Waals surface area contributed by atoms with Gasteiger partial charge in [0.25, 0.3) is 0 Å². The third-order valence-electron chi connectivity index (χ3n) is 4.70. The van der Waals surface area contributed by atoms with E-state index in [-0.39, 0.29) is 23.6 Å². The molecule has 2 aromatic carbocycles. The lowest BCUT2D eigenvalue weighted by molar-refractivity contribution is 0.0976. The second-order valence-corrected chi connectivity index (χ2v) is 7.48. The fourth-order valence-electron chi connectivity index (χ4n) is 3.21. The van der Waals surface area contributed by atoms with Crippen molar-refractivity contribution in [3.8, 4) is 0 Å². The van der Waals surface area contributed by atoms with Crippen molar-refractivity contribution in [1.82, 2.24) is 4.57 Å². The fraction of sp³-hybridized carbons (Fsp3) is 0.182. The van der Waals surface area contributed by atoms with E-state index in [0.29, 0.717) is 15.6 Å². The Hall–Kier alpha value is -2.53. The highest BCUT2D eigenvalue weighted by molar-refractivity contribution is 9.10. The minimum Gasteiger partial charge on any atom is -0.318 e. The number of aryl methyl sites for hydroxylation is 2. The molecule has 0 fully saturated rings. The van der Waals surface area contributed by atoms with Crippen LogP contribution in [0, 0.1) is 12.7 Å². The van der Waals surface area contributed by atoms with Crippen LogP contribution in [-0.2, 0) is 7.05 Å². The Morgan fingerprint density at radius 3 is 2.52 bits per heavy atom. The van der Waals surface area contributed by atoms with Gasteiger partial charge in [0.15, 0.2) is 5.78 Å². The molecule has 0 bridgehead atoms. The first kappa shape index (κ1) is 19.2. The molecule has 0 aliphatic rings. The number of carbonyl (C=O) groups is 1. The van der Waals surface area contributed by atoms with Crippen LogP contribution in [0.5, 0.6) is 0 Å². The number of Topliss-reactive ketones (excluding diaryl/α,β-unsaturated/α-hetero) is 1. The topological polar surface area (TPSA) is 39.1 Å². The predicted octanol–water partition coefficient (Wildman–Crippen LogP) is 5.00. The highest BCUT2D eigenvalue weighted by atomic mass is 79.9. The first-order valence-corrected chi connectivity index (χ1v) is 9.36. The standard InChI is InChI=1S/C22H19BrFNO2/c1-14-5-3-4-6-17(14)19(18-9-8-16(23)11-20(18)24)12-21(26)15-7-10-22(27)25(2)13-15/h3-11,13,19H,12H2,1-2H3. The molecule has 1 aromatic heterocycles. The molecule has 5 heteroatoms. The van der Waals surface area contributed by atoms with Crippen LogP contribution in [0.2, 0.25) is 0 Å². The van der Waals surface area contributed by atoms with Crippen LogP contribution >= 0.6 is 15.9 Å². The number of nitrogens with zero attached hydrogens (tertiary/aromatic N) is 1. The van der Waals surface area contributed by atoms with Crippen molar-refractivity contribution in [2.75, 3.05) is 0 Å². The Kier molecular flexibility index (Phi) is 5.71. The van der Waals surface area contributed by atoms with E-state index >= 15 is 0 Å². The number of benzene rings is 2. The van der Waals surface area contributed by atoms with E-state index in [1.165, 1.54) is 29.0 Å². The molecule has 0 saturated carbocycles. The van der Waals surface area contributed by atoms with Crippen LogP contribution in [0.1, 0.15) is 39.4 Å². The summed E-state index contributed by atoms with van der Waals surface area (Å²) in [6.45, 7) is 1.95. The lowest BCUT2D eigenvalue weighted by Gasteiger charge is -2.20. The summed E-state index contributed by atoms with van der Waals surface area (Å²) in [6.07, 6.45) is 1.64. The summed E-state index contributed by atoms with van der Waals surface area (Å²) in [6, 6.07) is 15.5. The van der Waals surface area contributed by atoms with E-state index in [2.05, 4.69) is 15.9 Å². The molecule has 1 unspecified atom stereocenters. The van der Waals surface area contributed by atoms with Gasteiger partial charge in [-0.25, -0.2) is 4.39 Å². The Morgan fingerprint density at radius 1 is 1.11 bits per heavy atom. The van der Waals surface area contributed by atoms with Gasteiger partial charge in [0.1, 0.15) is 5.82 Å². The molecule has 138 valence electrons. The summed E-state index contributed by atoms with van der Waals surface area (Å²) in [7, 11) is 1.60. The molecule has 3 nitrogen and oxygen atoms in total. The van der Waals surface area contributed by atoms with Gasteiger partial charge >= 0.3 is 0 Å². The average molecular weight is 428 g/mol. The molecule has 0 saturated heterocycles. The summed E-state index contributed by atoms with van der Waals surface area (Å²) in [5.41, 5.74) is 2.65. The Labute approximate surface area is 165 Å². The van der Waals surface area contributed by atoms with E-state index in [1.54, 1.807) is 19.2 Å². The van der Waals surface area contributed by atoms with Crippen molar-refractivity contribution in [2.24, 2.45) is 7.05 Å². The second kappa shape index (κ2) is 8.01. The number of ketones is 1. The van der Waals surface area contributed by atoms with Gasteiger partial charge in [0.2, 0.25) is 5.56 Å². The normalized spacial score (nSPS) is 12.0. The van der Waals surface area contributed by atoms with Gasteiger partial charge in [-0.1, -0.05) is 46.3 Å². The highest BCUT2D eigenvalue weighted by Crippen LogP contribution is 2.34. The number of halogens is 2. The Bertz CT molecular complexity index is 1060. The maximum Gasteiger partial charge on any atom is 0.250 e. The molecule has 0 amide bonds. The molecule has 0 N–H and O–H groups in total. The predicted molar refractivity (Wildman–Crippen MR) is 108 cm³/mol. The molecular formula is C22H19BrFNO2. The molecular weight excluding hydrogens is 409 g/mol. The van der Waals surface area contributed by atoms with Gasteiger partial charge in [0, 0.05) is 41.7 Å². The minimum absolute atomic E-state index is 0.113. The zero-order chi connectivity index (χ0) is 19.6. The monoisotopic (exact) mass is 427 g/mol. The molecule has 3 rings (SSSR count). The molecule has 0 aliphatic heterocycles. The lowest BCUT2D eigenvalue weighted by atomic mass is 9.83. The second-order valence-electron chi connectivity index (χ2n) is 6.57. The summed E-state index contributed by atoms with van der Waals surface area (Å²) in [5.74, 6) is -0.906. The quantitative estimate of drug-likeness (QED) is 0.537. The number of rotatable bonds is 5. The van der Waals surface area contributed by atoms with Gasteiger partial charge in [0.05, 0.1) is 0 Å². The van der Waals surface area contributed by atoms with Crippen LogP contribution in [0.25, 0.3) is 0 Å². The van der Waals surface area contributed by atoms with Gasteiger partial charge in [-0.05, 0) is 41.8 Å². The molecule has 1 heterocycles. The van der Waals surface area contributed by atoms with E-state index in [0.717, 1.165) is 11.1 Å². The van der Waals surface area contributed by atoms with Gasteiger partial charge in [-0.15, -0.1) is 0 Å². The summed E-state index contributed by atoms with van der Waals surface area (Å²) in [4.78, 5) is 24.5. The van der Waals surface area contributed by atoms with Gasteiger partial charge in [-0.3, -0.25) is 9.59 Å². The van der Waals surface area contributed by atoms with Gasteiger partial charge < -0.3 is 4.57 Å². The van der Waals surface area contributed by atoms with E-state index in [4.69, 9.17) is 0 Å². The summed E-state index contributed by atoms with van der Waals surface area (Å²) < 4.78 is 16.7. The van der Waals surface area contributed by atoms with E-state index < -0.39 is 5.92 Å². The molecule has 1 atom stereocenters. The van der Waals surface area contributed by atoms with Crippen molar-refractivity contribution in [1.29, 1.82) is 0 Å². The van der Waals surface area contributed by atoms with Crippen molar-refractivity contribution in [2.45, 2.75) is 19.3 Å².